The molecule has 0 saturated heterocycles. The lowest BCUT2D eigenvalue weighted by Gasteiger charge is -2.37. The summed E-state index contributed by atoms with van der Waals surface area (Å²) in [7, 11) is -5.94. The molecule has 1 heterocycles. The lowest BCUT2D eigenvalue weighted by atomic mass is 10.1. The molecule has 0 fully saturated rings. The second-order valence-electron chi connectivity index (χ2n) is 9.67. The van der Waals surface area contributed by atoms with Crippen LogP contribution in [0.5, 0.6) is 11.5 Å². The summed E-state index contributed by atoms with van der Waals surface area (Å²) in [5.41, 5.74) is -6.79. The fraction of sp³-hybridized carbons (Fsp3) is 0.571. The van der Waals surface area contributed by atoms with Gasteiger partial charge in [-0.05, 0) is 24.2 Å². The van der Waals surface area contributed by atoms with Gasteiger partial charge in [0.05, 0.1) is 44.4 Å². The SMILES string of the molecule is COc1cc(C(=O)N2CC(OS(=O)(=O)C(F)(F)F)=C[C@H]2CO[Si](C)(C)C(C)(C)C)c([N+](=O)[O-])cc1OC. The highest BCUT2D eigenvalue weighted by atomic mass is 32.2. The minimum absolute atomic E-state index is 0.00574. The number of carbonyl (C=O) groups excluding carboxylic acids is 1. The molecule has 11 nitrogen and oxygen atoms in total. The zero-order chi connectivity index (χ0) is 28.6. The maximum Gasteiger partial charge on any atom is 0.534 e. The van der Waals surface area contributed by atoms with Gasteiger partial charge in [0, 0.05) is 6.07 Å². The molecule has 0 bridgehead atoms. The van der Waals surface area contributed by atoms with E-state index in [0.29, 0.717) is 0 Å². The molecule has 1 aliphatic rings. The van der Waals surface area contributed by atoms with Crippen LogP contribution in [0.15, 0.2) is 24.0 Å². The molecule has 0 aliphatic carbocycles. The van der Waals surface area contributed by atoms with E-state index in [1.54, 1.807) is 0 Å². The van der Waals surface area contributed by atoms with Gasteiger partial charge in [0.2, 0.25) is 0 Å². The Morgan fingerprint density at radius 2 is 1.70 bits per heavy atom. The molecule has 0 spiro atoms. The second-order valence-corrected chi connectivity index (χ2v) is 16.0. The highest BCUT2D eigenvalue weighted by Gasteiger charge is 2.50. The predicted octanol–water partition coefficient (Wildman–Crippen LogP) is 4.21. The number of hydrogen-bond acceptors (Lipinski definition) is 9. The highest BCUT2D eigenvalue weighted by molar-refractivity contribution is 7.87. The zero-order valence-electron chi connectivity index (χ0n) is 21.3. The van der Waals surface area contributed by atoms with Gasteiger partial charge in [-0.1, -0.05) is 20.8 Å². The van der Waals surface area contributed by atoms with Gasteiger partial charge in [0.15, 0.2) is 19.8 Å². The van der Waals surface area contributed by atoms with Crippen LogP contribution in [-0.2, 0) is 18.7 Å². The lowest BCUT2D eigenvalue weighted by Crippen LogP contribution is -2.46. The van der Waals surface area contributed by atoms with E-state index in [4.69, 9.17) is 13.9 Å². The molecule has 0 N–H and O–H groups in total. The van der Waals surface area contributed by atoms with Crippen molar-refractivity contribution < 1.29 is 49.4 Å². The van der Waals surface area contributed by atoms with Crippen molar-refractivity contribution in [3.8, 4) is 11.5 Å². The Morgan fingerprint density at radius 1 is 1.16 bits per heavy atom. The fourth-order valence-corrected chi connectivity index (χ4v) is 4.61. The van der Waals surface area contributed by atoms with Gasteiger partial charge < -0.3 is 23.0 Å². The van der Waals surface area contributed by atoms with Crippen molar-refractivity contribution in [2.75, 3.05) is 27.4 Å². The number of nitrogens with zero attached hydrogens (tertiary/aromatic N) is 2. The third kappa shape index (κ3) is 6.54. The molecule has 1 aromatic carbocycles. The van der Waals surface area contributed by atoms with Gasteiger partial charge in [-0.2, -0.15) is 21.6 Å². The van der Waals surface area contributed by atoms with Crippen molar-refractivity contribution in [2.45, 2.75) is 50.5 Å². The van der Waals surface area contributed by atoms with Gasteiger partial charge in [-0.3, -0.25) is 14.9 Å². The molecule has 0 unspecified atom stereocenters. The van der Waals surface area contributed by atoms with Crippen LogP contribution < -0.4 is 9.47 Å². The van der Waals surface area contributed by atoms with Crippen LogP contribution in [0.4, 0.5) is 18.9 Å². The monoisotopic (exact) mass is 570 g/mol. The number of nitro groups is 1. The van der Waals surface area contributed by atoms with Gasteiger partial charge >= 0.3 is 15.6 Å². The van der Waals surface area contributed by atoms with Crippen LogP contribution in [0.3, 0.4) is 0 Å². The summed E-state index contributed by atoms with van der Waals surface area (Å²) in [6.07, 6.45) is 1.03. The van der Waals surface area contributed by atoms with E-state index in [1.165, 1.54) is 14.2 Å². The minimum atomic E-state index is -6.01. The zero-order valence-corrected chi connectivity index (χ0v) is 23.2. The average Bonchev–Trinajstić information content (AvgIpc) is 3.16. The normalized spacial score (nSPS) is 16.9. The summed E-state index contributed by atoms with van der Waals surface area (Å²) < 4.78 is 82.4. The molecule has 16 heteroatoms. The van der Waals surface area contributed by atoms with Crippen LogP contribution in [0.2, 0.25) is 18.1 Å². The quantitative estimate of drug-likeness (QED) is 0.141. The van der Waals surface area contributed by atoms with Crippen molar-refractivity contribution in [3.05, 3.63) is 39.6 Å². The molecular formula is C21H29F3N2O9SSi. The van der Waals surface area contributed by atoms with E-state index < -0.39 is 64.4 Å². The number of carbonyl (C=O) groups is 1. The van der Waals surface area contributed by atoms with E-state index in [1.807, 2.05) is 33.9 Å². The Morgan fingerprint density at radius 3 is 2.16 bits per heavy atom. The molecule has 1 aliphatic heterocycles. The maximum absolute atomic E-state index is 13.5. The van der Waals surface area contributed by atoms with Crippen molar-refractivity contribution in [3.63, 3.8) is 0 Å². The van der Waals surface area contributed by atoms with Crippen molar-refractivity contribution in [1.29, 1.82) is 0 Å². The Hall–Kier alpha value is -2.85. The fourth-order valence-electron chi connectivity index (χ4n) is 3.10. The molecule has 1 atom stereocenters. The molecule has 1 amide bonds. The highest BCUT2D eigenvalue weighted by Crippen LogP contribution is 2.39. The first-order chi connectivity index (χ1) is 16.8. The van der Waals surface area contributed by atoms with Crippen molar-refractivity contribution in [2.24, 2.45) is 0 Å². The van der Waals surface area contributed by atoms with E-state index >= 15 is 0 Å². The summed E-state index contributed by atoms with van der Waals surface area (Å²) in [4.78, 5) is 25.3. The summed E-state index contributed by atoms with van der Waals surface area (Å²) in [5.74, 6) is -1.68. The van der Waals surface area contributed by atoms with Crippen LogP contribution in [0.1, 0.15) is 31.1 Å². The molecule has 208 valence electrons. The first-order valence-corrected chi connectivity index (χ1v) is 15.1. The summed E-state index contributed by atoms with van der Waals surface area (Å²) in [5, 5.41) is 11.4. The third-order valence-electron chi connectivity index (χ3n) is 6.22. The molecule has 0 radical (unpaired) electrons. The van der Waals surface area contributed by atoms with E-state index in [2.05, 4.69) is 4.18 Å². The summed E-state index contributed by atoms with van der Waals surface area (Å²) >= 11 is 0. The predicted molar refractivity (Wildman–Crippen MR) is 128 cm³/mol. The van der Waals surface area contributed by atoms with Crippen LogP contribution in [0.25, 0.3) is 0 Å². The summed E-state index contributed by atoms with van der Waals surface area (Å²) in [6.45, 7) is 8.75. The number of methoxy groups -OCH3 is 2. The van der Waals surface area contributed by atoms with Crippen molar-refractivity contribution >= 4 is 30.0 Å². The second kappa shape index (κ2) is 10.5. The Balaban J connectivity index is 2.52. The standard InChI is InChI=1S/C21H29F3N2O9SSi/c1-20(2,3)37(6,7)34-12-13-8-14(35-36(30,31)21(22,23)24)11-25(13)19(27)15-9-17(32-4)18(33-5)10-16(15)26(28)29/h8-10,13H,11-12H2,1-7H3/t13-/m0/s1. The number of hydrogen-bond donors (Lipinski definition) is 0. The summed E-state index contributed by atoms with van der Waals surface area (Å²) in [6, 6.07) is 0.964. The van der Waals surface area contributed by atoms with Crippen LogP contribution >= 0.6 is 0 Å². The Bertz CT molecular complexity index is 1190. The van der Waals surface area contributed by atoms with E-state index in [0.717, 1.165) is 23.1 Å². The third-order valence-corrected chi connectivity index (χ3v) is 11.7. The molecule has 2 rings (SSSR count). The van der Waals surface area contributed by atoms with Gasteiger partial charge in [-0.25, -0.2) is 0 Å². The number of alkyl halides is 3. The number of amides is 1. The maximum atomic E-state index is 13.5. The molecule has 37 heavy (non-hydrogen) atoms. The number of benzene rings is 1. The smallest absolute Gasteiger partial charge is 0.493 e. The Labute approximate surface area is 213 Å². The number of rotatable bonds is 9. The lowest BCUT2D eigenvalue weighted by molar-refractivity contribution is -0.385. The Kier molecular flexibility index (Phi) is 8.61. The molecule has 0 saturated carbocycles. The van der Waals surface area contributed by atoms with Crippen molar-refractivity contribution in [1.82, 2.24) is 4.90 Å². The van der Waals surface area contributed by atoms with Gasteiger partial charge in [-0.15, -0.1) is 0 Å². The number of ether oxygens (including phenoxy) is 2. The van der Waals surface area contributed by atoms with Gasteiger partial charge in [0.25, 0.3) is 11.6 Å². The molecular weight excluding hydrogens is 541 g/mol. The molecule has 0 aromatic heterocycles. The number of nitro benzene ring substituents is 1. The van der Waals surface area contributed by atoms with Crippen LogP contribution in [-0.4, -0.2) is 71.4 Å². The minimum Gasteiger partial charge on any atom is -0.493 e. The first-order valence-electron chi connectivity index (χ1n) is 10.8. The van der Waals surface area contributed by atoms with Crippen LogP contribution in [0, 0.1) is 10.1 Å². The molecule has 1 aromatic rings. The van der Waals surface area contributed by atoms with E-state index in [-0.39, 0.29) is 23.1 Å². The average molecular weight is 571 g/mol. The first kappa shape index (κ1) is 30.4. The van der Waals surface area contributed by atoms with Gasteiger partial charge in [0.1, 0.15) is 11.3 Å². The topological polar surface area (TPSA) is 135 Å². The van der Waals surface area contributed by atoms with E-state index in [9.17, 15) is 36.5 Å². The largest absolute Gasteiger partial charge is 0.534 e. The number of halogens is 3.